The number of nitrogens with zero attached hydrogens (tertiary/aromatic N) is 3. The summed E-state index contributed by atoms with van der Waals surface area (Å²) >= 11 is 0. The van der Waals surface area contributed by atoms with Crippen LogP contribution in [0.1, 0.15) is 44.7 Å². The normalized spacial score (nSPS) is 20.1. The van der Waals surface area contributed by atoms with E-state index in [-0.39, 0.29) is 24.0 Å². The molecule has 1 N–H and O–H groups in total. The molecule has 0 bridgehead atoms. The van der Waals surface area contributed by atoms with Gasteiger partial charge in [-0.2, -0.15) is 21.6 Å². The Morgan fingerprint density at radius 2 is 1.93 bits per heavy atom. The maximum Gasteiger partial charge on any atom is 0.433 e. The summed E-state index contributed by atoms with van der Waals surface area (Å²) in [6.45, 7) is 1.50. The van der Waals surface area contributed by atoms with Gasteiger partial charge in [0.05, 0.1) is 5.71 Å². The summed E-state index contributed by atoms with van der Waals surface area (Å²) in [7, 11) is -4.10. The molecule has 1 aliphatic carbocycles. The summed E-state index contributed by atoms with van der Waals surface area (Å²) in [5.41, 5.74) is -1.02. The Labute approximate surface area is 166 Å². The molecule has 11 heteroatoms. The number of carbonyl (C=O) groups is 1. The number of aromatic nitrogens is 1. The number of likely N-dealkylation sites (N-methyl/N-ethyl adjacent to an activating group) is 1. The average Bonchev–Trinajstić information content (AvgIpc) is 2.67. The van der Waals surface area contributed by atoms with Crippen molar-refractivity contribution >= 4 is 27.6 Å². The van der Waals surface area contributed by atoms with Crippen LogP contribution in [0.3, 0.4) is 0 Å². The van der Waals surface area contributed by atoms with Gasteiger partial charge in [0, 0.05) is 12.5 Å². The van der Waals surface area contributed by atoms with Gasteiger partial charge in [-0.05, 0) is 38.0 Å². The van der Waals surface area contributed by atoms with E-state index < -0.39 is 28.0 Å². The fraction of sp³-hybridized carbons (Fsp3) is 0.500. The number of anilines is 1. The second-order valence-corrected chi connectivity index (χ2v) is 8.40. The lowest BCUT2D eigenvalue weighted by atomic mass is 9.85. The van der Waals surface area contributed by atoms with Gasteiger partial charge in [-0.15, -0.1) is 4.40 Å². The molecule has 1 aromatic rings. The fourth-order valence-corrected chi connectivity index (χ4v) is 4.77. The highest BCUT2D eigenvalue weighted by Crippen LogP contribution is 2.31. The van der Waals surface area contributed by atoms with Gasteiger partial charge in [0.1, 0.15) is 17.2 Å². The number of hydrogen-bond acceptors (Lipinski definition) is 4. The molecule has 0 aromatic carbocycles. The number of carbonyl (C=O) groups excluding carboxylic acids is 1. The quantitative estimate of drug-likeness (QED) is 0.791. The molecule has 1 aromatic heterocycles. The number of hydrogen-bond donors (Lipinski definition) is 1. The van der Waals surface area contributed by atoms with Gasteiger partial charge in [-0.25, -0.2) is 9.29 Å². The van der Waals surface area contributed by atoms with Gasteiger partial charge >= 0.3 is 16.4 Å². The van der Waals surface area contributed by atoms with Crippen LogP contribution in [0.2, 0.25) is 0 Å². The summed E-state index contributed by atoms with van der Waals surface area (Å²) in [6, 6.07) is 3.10. The summed E-state index contributed by atoms with van der Waals surface area (Å²) in [5.74, 6) is -1.24. The van der Waals surface area contributed by atoms with E-state index >= 15 is 0 Å². The number of amides is 1. The molecule has 0 atom stereocenters. The smallest absolute Gasteiger partial charge is 0.305 e. The van der Waals surface area contributed by atoms with Crippen molar-refractivity contribution in [3.05, 3.63) is 35.7 Å². The molecule has 1 amide bonds. The highest BCUT2D eigenvalue weighted by atomic mass is 32.2. The molecule has 2 aliphatic rings. The molecule has 1 fully saturated rings. The Morgan fingerprint density at radius 3 is 2.55 bits per heavy atom. The van der Waals surface area contributed by atoms with Crippen LogP contribution in [0.5, 0.6) is 0 Å². The molecule has 0 radical (unpaired) electrons. The molecule has 1 saturated carbocycles. The number of allylic oxidation sites excluding steroid dienone is 1. The van der Waals surface area contributed by atoms with E-state index in [1.54, 1.807) is 6.92 Å². The van der Waals surface area contributed by atoms with E-state index in [9.17, 15) is 26.4 Å². The average molecular weight is 430 g/mol. The van der Waals surface area contributed by atoms with Crippen molar-refractivity contribution in [1.29, 1.82) is 0 Å². The Morgan fingerprint density at radius 1 is 1.24 bits per heavy atom. The van der Waals surface area contributed by atoms with Crippen molar-refractivity contribution < 1.29 is 26.4 Å². The molecule has 2 heterocycles. The topological polar surface area (TPSA) is 91.7 Å². The molecular weight excluding hydrogens is 409 g/mol. The summed E-state index contributed by atoms with van der Waals surface area (Å²) in [4.78, 5) is 16.1. The minimum atomic E-state index is -4.66. The third-order valence-electron chi connectivity index (χ3n) is 4.88. The van der Waals surface area contributed by atoms with Crippen LogP contribution in [0.25, 0.3) is 0 Å². The molecule has 7 nitrogen and oxygen atoms in total. The van der Waals surface area contributed by atoms with Crippen LogP contribution >= 0.6 is 0 Å². The van der Waals surface area contributed by atoms with Crippen LogP contribution in [-0.2, 0) is 21.2 Å². The maximum absolute atomic E-state index is 12.8. The van der Waals surface area contributed by atoms with E-state index in [0.717, 1.165) is 48.5 Å². The second kappa shape index (κ2) is 8.13. The fourth-order valence-electron chi connectivity index (χ4n) is 3.49. The number of halogens is 3. The van der Waals surface area contributed by atoms with Crippen LogP contribution in [0.4, 0.5) is 19.0 Å². The molecule has 1 aliphatic heterocycles. The summed E-state index contributed by atoms with van der Waals surface area (Å²) < 4.78 is 68.4. The number of pyridine rings is 1. The minimum Gasteiger partial charge on any atom is -0.305 e. The van der Waals surface area contributed by atoms with Crippen molar-refractivity contribution in [2.75, 3.05) is 11.9 Å². The van der Waals surface area contributed by atoms with Crippen LogP contribution < -0.4 is 5.32 Å². The predicted molar refractivity (Wildman–Crippen MR) is 101 cm³/mol. The van der Waals surface area contributed by atoms with E-state index in [1.165, 1.54) is 12.1 Å². The molecule has 158 valence electrons. The van der Waals surface area contributed by atoms with Gasteiger partial charge < -0.3 is 5.32 Å². The van der Waals surface area contributed by atoms with Crippen LogP contribution in [0.15, 0.2) is 34.4 Å². The third kappa shape index (κ3) is 4.77. The van der Waals surface area contributed by atoms with Gasteiger partial charge in [0.25, 0.3) is 5.91 Å². The lowest BCUT2D eigenvalue weighted by Gasteiger charge is -2.29. The van der Waals surface area contributed by atoms with Crippen molar-refractivity contribution in [3.8, 4) is 0 Å². The number of rotatable bonds is 4. The summed E-state index contributed by atoms with van der Waals surface area (Å²) in [6.07, 6.45) is 1.28. The zero-order valence-electron chi connectivity index (χ0n) is 15.7. The predicted octanol–water partition coefficient (Wildman–Crippen LogP) is 3.52. The Balaban J connectivity index is 1.90. The Hall–Kier alpha value is -2.43. The van der Waals surface area contributed by atoms with Crippen LogP contribution in [0, 0.1) is 5.92 Å². The Bertz CT molecular complexity index is 951. The molecule has 0 unspecified atom stereocenters. The van der Waals surface area contributed by atoms with E-state index in [4.69, 9.17) is 0 Å². The highest BCUT2D eigenvalue weighted by Gasteiger charge is 2.35. The van der Waals surface area contributed by atoms with E-state index in [0.29, 0.717) is 5.71 Å². The molecule has 3 rings (SSSR count). The highest BCUT2D eigenvalue weighted by molar-refractivity contribution is 7.88. The SMILES string of the molecule is CCN1C(C(=O)Nc2cccc(C(F)(F)F)n2)=CC(C2CCCCC2)=NS1(=O)=O. The molecule has 0 spiro atoms. The van der Waals surface area contributed by atoms with Crippen molar-refractivity contribution in [1.82, 2.24) is 9.29 Å². The Kier molecular flexibility index (Phi) is 5.97. The lowest BCUT2D eigenvalue weighted by Crippen LogP contribution is -2.39. The first-order valence-corrected chi connectivity index (χ1v) is 10.7. The van der Waals surface area contributed by atoms with Crippen molar-refractivity contribution in [3.63, 3.8) is 0 Å². The van der Waals surface area contributed by atoms with E-state index in [2.05, 4.69) is 14.7 Å². The zero-order valence-corrected chi connectivity index (χ0v) is 16.6. The number of nitrogens with one attached hydrogen (secondary N) is 1. The molecular formula is C18H21F3N4O3S. The van der Waals surface area contributed by atoms with Crippen molar-refractivity contribution in [2.24, 2.45) is 10.3 Å². The van der Waals surface area contributed by atoms with E-state index in [1.807, 2.05) is 0 Å². The zero-order chi connectivity index (χ0) is 21.2. The van der Waals surface area contributed by atoms with Gasteiger partial charge in [0.2, 0.25) is 0 Å². The van der Waals surface area contributed by atoms with Crippen LogP contribution in [-0.4, -0.2) is 35.9 Å². The first-order chi connectivity index (χ1) is 13.6. The summed E-state index contributed by atoms with van der Waals surface area (Å²) in [5, 5.41) is 2.27. The minimum absolute atomic E-state index is 0.0426. The van der Waals surface area contributed by atoms with Crippen molar-refractivity contribution in [2.45, 2.75) is 45.2 Å². The standard InChI is InChI=1S/C18H21F3N4O3S/c1-2-25-14(11-13(24-29(25,27)28)12-7-4-3-5-8-12)17(26)23-16-10-6-9-15(22-16)18(19,20)21/h6,9-12H,2-5,7-8H2,1H3,(H,22,23,26). The number of alkyl halides is 3. The third-order valence-corrected chi connectivity index (χ3v) is 6.33. The first-order valence-electron chi connectivity index (χ1n) is 9.31. The second-order valence-electron chi connectivity index (χ2n) is 6.88. The van der Waals surface area contributed by atoms with Gasteiger partial charge in [-0.1, -0.05) is 25.3 Å². The maximum atomic E-state index is 12.8. The molecule has 0 saturated heterocycles. The monoisotopic (exact) mass is 430 g/mol. The molecule has 29 heavy (non-hydrogen) atoms. The first kappa shape index (κ1) is 21.3. The van der Waals surface area contributed by atoms with Gasteiger partial charge in [-0.3, -0.25) is 4.79 Å². The van der Waals surface area contributed by atoms with Gasteiger partial charge in [0.15, 0.2) is 0 Å². The lowest BCUT2D eigenvalue weighted by molar-refractivity contribution is -0.141. The largest absolute Gasteiger partial charge is 0.433 e.